The minimum absolute atomic E-state index is 0.162. The number of hydrogen-bond donors (Lipinski definition) is 1. The first-order valence-electron chi connectivity index (χ1n) is 11.3. The highest BCUT2D eigenvalue weighted by Gasteiger charge is 2.34. The molecule has 2 aromatic carbocycles. The summed E-state index contributed by atoms with van der Waals surface area (Å²) in [6, 6.07) is 14.6. The number of anilines is 2. The minimum atomic E-state index is 0.162. The molecule has 1 N–H and O–H groups in total. The van der Waals surface area contributed by atoms with E-state index in [1.807, 2.05) is 38.1 Å². The average molecular weight is 422 g/mol. The maximum Gasteiger partial charge on any atom is 0.208 e. The Morgan fingerprint density at radius 1 is 1.06 bits per heavy atom. The van der Waals surface area contributed by atoms with E-state index >= 15 is 0 Å². The van der Waals surface area contributed by atoms with Gasteiger partial charge in [-0.05, 0) is 80.8 Å². The molecule has 0 aliphatic heterocycles. The Labute approximate surface area is 185 Å². The van der Waals surface area contributed by atoms with Gasteiger partial charge in [-0.1, -0.05) is 20.8 Å². The predicted octanol–water partition coefficient (Wildman–Crippen LogP) is 6.96. The minimum Gasteiger partial charge on any atom is -0.497 e. The lowest BCUT2D eigenvalue weighted by molar-refractivity contribution is 0.140. The molecule has 1 aliphatic rings. The van der Waals surface area contributed by atoms with E-state index in [4.69, 9.17) is 14.5 Å². The van der Waals surface area contributed by atoms with Crippen LogP contribution in [0.5, 0.6) is 11.5 Å². The van der Waals surface area contributed by atoms with E-state index in [0.29, 0.717) is 17.4 Å². The fourth-order valence-electron chi connectivity index (χ4n) is 5.17. The van der Waals surface area contributed by atoms with Crippen molar-refractivity contribution in [2.45, 2.75) is 66.0 Å². The number of aromatic nitrogens is 2. The Morgan fingerprint density at radius 3 is 2.42 bits per heavy atom. The third-order valence-corrected chi connectivity index (χ3v) is 6.11. The summed E-state index contributed by atoms with van der Waals surface area (Å²) >= 11 is 0. The predicted molar refractivity (Wildman–Crippen MR) is 128 cm³/mol. The molecule has 5 heteroatoms. The van der Waals surface area contributed by atoms with Crippen molar-refractivity contribution < 1.29 is 9.47 Å². The molecule has 31 heavy (non-hydrogen) atoms. The number of ether oxygens (including phenoxy) is 2. The van der Waals surface area contributed by atoms with Crippen molar-refractivity contribution >= 4 is 22.7 Å². The van der Waals surface area contributed by atoms with Crippen molar-refractivity contribution in [3.8, 4) is 11.5 Å². The van der Waals surface area contributed by atoms with Crippen LogP contribution < -0.4 is 14.8 Å². The summed E-state index contributed by atoms with van der Waals surface area (Å²) in [6.07, 6.45) is 3.71. The first-order valence-corrected chi connectivity index (χ1v) is 11.3. The monoisotopic (exact) mass is 421 g/mol. The molecule has 1 heterocycles. The van der Waals surface area contributed by atoms with Gasteiger partial charge in [0.2, 0.25) is 5.95 Å². The van der Waals surface area contributed by atoms with Gasteiger partial charge in [0.1, 0.15) is 11.5 Å². The van der Waals surface area contributed by atoms with E-state index in [9.17, 15) is 0 Å². The number of nitrogens with zero attached hydrogens (tertiary/aromatic N) is 2. The summed E-state index contributed by atoms with van der Waals surface area (Å²) in [6.45, 7) is 11.2. The Morgan fingerprint density at radius 2 is 1.77 bits per heavy atom. The molecular weight excluding hydrogens is 386 g/mol. The lowest BCUT2D eigenvalue weighted by Crippen LogP contribution is -2.29. The first kappa shape index (κ1) is 21.5. The fraction of sp³-hybridized carbons (Fsp3) is 0.500. The number of hydrogen-bond acceptors (Lipinski definition) is 4. The molecule has 166 valence electrons. The molecule has 2 atom stereocenters. The third-order valence-electron chi connectivity index (χ3n) is 6.11. The molecule has 0 radical (unpaired) electrons. The van der Waals surface area contributed by atoms with Gasteiger partial charge in [-0.25, -0.2) is 4.98 Å². The van der Waals surface area contributed by atoms with E-state index in [-0.39, 0.29) is 6.10 Å². The summed E-state index contributed by atoms with van der Waals surface area (Å²) in [5.74, 6) is 3.30. The topological polar surface area (TPSA) is 48.3 Å². The normalized spacial score (nSPS) is 20.7. The molecule has 0 spiro atoms. The third kappa shape index (κ3) is 4.81. The van der Waals surface area contributed by atoms with E-state index < -0.39 is 0 Å². The molecule has 0 bridgehead atoms. The zero-order chi connectivity index (χ0) is 22.2. The summed E-state index contributed by atoms with van der Waals surface area (Å²) in [7, 11) is 1.72. The van der Waals surface area contributed by atoms with Gasteiger partial charge in [-0.15, -0.1) is 0 Å². The summed E-state index contributed by atoms with van der Waals surface area (Å²) in [4.78, 5) is 4.97. The summed E-state index contributed by atoms with van der Waals surface area (Å²) < 4.78 is 13.7. The number of rotatable bonds is 6. The fourth-order valence-corrected chi connectivity index (χ4v) is 5.17. The molecule has 1 aliphatic carbocycles. The highest BCUT2D eigenvalue weighted by atomic mass is 16.5. The van der Waals surface area contributed by atoms with E-state index in [1.165, 1.54) is 6.42 Å². The molecule has 4 rings (SSSR count). The van der Waals surface area contributed by atoms with Crippen LogP contribution in [-0.4, -0.2) is 22.8 Å². The number of imidazole rings is 1. The van der Waals surface area contributed by atoms with Gasteiger partial charge in [-0.3, -0.25) is 0 Å². The molecular formula is C26H35N3O2. The van der Waals surface area contributed by atoms with Crippen LogP contribution in [0.25, 0.3) is 11.0 Å². The van der Waals surface area contributed by atoms with Crippen molar-refractivity contribution in [2.24, 2.45) is 11.3 Å². The molecule has 1 saturated carbocycles. The number of fused-ring (bicyclic) bond motifs is 1. The largest absolute Gasteiger partial charge is 0.497 e. The molecule has 1 aromatic heterocycles. The van der Waals surface area contributed by atoms with Gasteiger partial charge in [0.15, 0.2) is 0 Å². The van der Waals surface area contributed by atoms with Crippen LogP contribution in [0, 0.1) is 11.3 Å². The first-order chi connectivity index (χ1) is 14.7. The van der Waals surface area contributed by atoms with Gasteiger partial charge in [0.25, 0.3) is 0 Å². The highest BCUT2D eigenvalue weighted by molar-refractivity contribution is 5.81. The number of nitrogens with one attached hydrogen (secondary N) is 1. The van der Waals surface area contributed by atoms with Crippen LogP contribution in [0.4, 0.5) is 11.6 Å². The second kappa shape index (κ2) is 8.45. The Balaban J connectivity index is 1.73. The number of methoxy groups -OCH3 is 1. The van der Waals surface area contributed by atoms with Crippen LogP contribution in [0.1, 0.15) is 59.9 Å². The summed E-state index contributed by atoms with van der Waals surface area (Å²) in [5.41, 5.74) is 3.42. The standard InChI is InChI=1S/C26H35N3O2/c1-17(2)31-21-9-7-19(8-10-21)27-25-28-23-12-11-22(30-6)14-24(23)29(25)20-13-18(3)15-26(4,5)16-20/h7-12,14,17-18,20H,13,15-16H2,1-6H3,(H,27,28)/t18-,20+/m1/s1. The van der Waals surface area contributed by atoms with Crippen molar-refractivity contribution in [1.29, 1.82) is 0 Å². The molecule has 0 unspecified atom stereocenters. The second-order valence-corrected chi connectivity index (χ2v) is 10.0. The zero-order valence-corrected chi connectivity index (χ0v) is 19.6. The maximum absolute atomic E-state index is 5.78. The van der Waals surface area contributed by atoms with Crippen molar-refractivity contribution in [3.05, 3.63) is 42.5 Å². The van der Waals surface area contributed by atoms with Crippen LogP contribution in [-0.2, 0) is 0 Å². The Bertz CT molecular complexity index is 1040. The zero-order valence-electron chi connectivity index (χ0n) is 19.6. The van der Waals surface area contributed by atoms with Crippen LogP contribution >= 0.6 is 0 Å². The van der Waals surface area contributed by atoms with Gasteiger partial charge < -0.3 is 19.4 Å². The van der Waals surface area contributed by atoms with Crippen LogP contribution in [0.2, 0.25) is 0 Å². The molecule has 0 saturated heterocycles. The smallest absolute Gasteiger partial charge is 0.208 e. The van der Waals surface area contributed by atoms with Crippen molar-refractivity contribution in [2.75, 3.05) is 12.4 Å². The second-order valence-electron chi connectivity index (χ2n) is 10.0. The van der Waals surface area contributed by atoms with Gasteiger partial charge in [0, 0.05) is 17.8 Å². The van der Waals surface area contributed by atoms with Crippen LogP contribution in [0.15, 0.2) is 42.5 Å². The maximum atomic E-state index is 5.78. The number of benzene rings is 2. The Hall–Kier alpha value is -2.69. The van der Waals surface area contributed by atoms with Gasteiger partial charge in [-0.2, -0.15) is 0 Å². The lowest BCUT2D eigenvalue weighted by Gasteiger charge is -2.40. The molecule has 3 aromatic rings. The molecule has 0 amide bonds. The highest BCUT2D eigenvalue weighted by Crippen LogP contribution is 2.46. The van der Waals surface area contributed by atoms with E-state index in [2.05, 4.69) is 48.9 Å². The van der Waals surface area contributed by atoms with Crippen LogP contribution in [0.3, 0.4) is 0 Å². The van der Waals surface area contributed by atoms with Gasteiger partial charge >= 0.3 is 0 Å². The SMILES string of the molecule is COc1ccc2nc(Nc3ccc(OC(C)C)cc3)n([C@H]3C[C@@H](C)CC(C)(C)C3)c2c1. The quantitative estimate of drug-likeness (QED) is 0.467. The van der Waals surface area contributed by atoms with Crippen molar-refractivity contribution in [1.82, 2.24) is 9.55 Å². The summed E-state index contributed by atoms with van der Waals surface area (Å²) in [5, 5.41) is 3.57. The Kier molecular flexibility index (Phi) is 5.87. The van der Waals surface area contributed by atoms with E-state index in [0.717, 1.165) is 47.0 Å². The molecule has 1 fully saturated rings. The molecule has 5 nitrogen and oxygen atoms in total. The van der Waals surface area contributed by atoms with Crippen molar-refractivity contribution in [3.63, 3.8) is 0 Å². The van der Waals surface area contributed by atoms with E-state index in [1.54, 1.807) is 7.11 Å². The lowest BCUT2D eigenvalue weighted by atomic mass is 9.70. The average Bonchev–Trinajstić information content (AvgIpc) is 3.04. The van der Waals surface area contributed by atoms with Gasteiger partial charge in [0.05, 0.1) is 24.2 Å².